The van der Waals surface area contributed by atoms with E-state index in [-0.39, 0.29) is 11.5 Å². The highest BCUT2D eigenvalue weighted by Crippen LogP contribution is 2.29. The first-order valence-corrected chi connectivity index (χ1v) is 12.1. The molecule has 0 radical (unpaired) electrons. The number of sulfonamides is 1. The standard InChI is InChI=1S/C23H27F3N2O3S/c1-2-3-4-18-7-11-22(12-8-18)32(29,30)28-15-13-21(14-16-28)27-31-17-19-5-9-20(10-6-19)23(24,25)26/h5-12H,2-4,13-17H2,1H3. The van der Waals surface area contributed by atoms with Gasteiger partial charge in [-0.15, -0.1) is 0 Å². The van der Waals surface area contributed by atoms with E-state index in [1.165, 1.54) is 16.4 Å². The smallest absolute Gasteiger partial charge is 0.391 e. The van der Waals surface area contributed by atoms with Crippen LogP contribution in [0.2, 0.25) is 0 Å². The summed E-state index contributed by atoms with van der Waals surface area (Å²) in [6.45, 7) is 2.78. The van der Waals surface area contributed by atoms with Crippen LogP contribution in [0, 0.1) is 0 Å². The Morgan fingerprint density at radius 2 is 1.56 bits per heavy atom. The largest absolute Gasteiger partial charge is 0.416 e. The first-order chi connectivity index (χ1) is 15.2. The van der Waals surface area contributed by atoms with E-state index in [9.17, 15) is 21.6 Å². The molecule has 0 saturated carbocycles. The van der Waals surface area contributed by atoms with Gasteiger partial charge in [0.1, 0.15) is 6.61 Å². The van der Waals surface area contributed by atoms with Crippen LogP contribution in [0.4, 0.5) is 13.2 Å². The monoisotopic (exact) mass is 468 g/mol. The molecule has 0 aromatic heterocycles. The minimum atomic E-state index is -4.37. The Balaban J connectivity index is 1.51. The first-order valence-electron chi connectivity index (χ1n) is 10.6. The summed E-state index contributed by atoms with van der Waals surface area (Å²) in [5, 5.41) is 4.05. The van der Waals surface area contributed by atoms with Crippen LogP contribution in [-0.2, 0) is 34.1 Å². The summed E-state index contributed by atoms with van der Waals surface area (Å²) in [5.41, 5.74) is 1.73. The molecule has 0 N–H and O–H groups in total. The number of benzene rings is 2. The SMILES string of the molecule is CCCCc1ccc(S(=O)(=O)N2CCC(=NOCc3ccc(C(F)(F)F)cc3)CC2)cc1. The van der Waals surface area contributed by atoms with Crippen LogP contribution in [0.25, 0.3) is 0 Å². The van der Waals surface area contributed by atoms with Gasteiger partial charge in [-0.05, 0) is 48.2 Å². The number of hydrogen-bond acceptors (Lipinski definition) is 4. The van der Waals surface area contributed by atoms with Gasteiger partial charge in [-0.3, -0.25) is 0 Å². The zero-order valence-corrected chi connectivity index (χ0v) is 18.8. The van der Waals surface area contributed by atoms with Crippen molar-refractivity contribution < 1.29 is 26.4 Å². The number of unbranched alkanes of at least 4 members (excludes halogenated alkanes) is 1. The molecule has 0 bridgehead atoms. The predicted octanol–water partition coefficient (Wildman–Crippen LogP) is 5.41. The van der Waals surface area contributed by atoms with E-state index >= 15 is 0 Å². The summed E-state index contributed by atoms with van der Waals surface area (Å²) < 4.78 is 65.0. The number of oxime groups is 1. The molecule has 32 heavy (non-hydrogen) atoms. The third-order valence-electron chi connectivity index (χ3n) is 5.39. The lowest BCUT2D eigenvalue weighted by Crippen LogP contribution is -2.38. The highest BCUT2D eigenvalue weighted by Gasteiger charge is 2.30. The fourth-order valence-corrected chi connectivity index (χ4v) is 4.86. The van der Waals surface area contributed by atoms with Crippen molar-refractivity contribution in [2.75, 3.05) is 13.1 Å². The maximum atomic E-state index is 12.9. The Kier molecular flexibility index (Phi) is 7.95. The molecule has 1 saturated heterocycles. The Labute approximate surface area is 186 Å². The van der Waals surface area contributed by atoms with E-state index < -0.39 is 21.8 Å². The molecule has 0 aliphatic carbocycles. The molecule has 5 nitrogen and oxygen atoms in total. The number of alkyl halides is 3. The third kappa shape index (κ3) is 6.32. The second-order valence-electron chi connectivity index (χ2n) is 7.78. The summed E-state index contributed by atoms with van der Waals surface area (Å²) in [7, 11) is -3.56. The van der Waals surface area contributed by atoms with Gasteiger partial charge >= 0.3 is 6.18 Å². The van der Waals surface area contributed by atoms with Crippen LogP contribution >= 0.6 is 0 Å². The number of nitrogens with zero attached hydrogens (tertiary/aromatic N) is 2. The van der Waals surface area contributed by atoms with Gasteiger partial charge in [-0.2, -0.15) is 17.5 Å². The minimum Gasteiger partial charge on any atom is -0.391 e. The highest BCUT2D eigenvalue weighted by atomic mass is 32.2. The molecule has 1 aliphatic heterocycles. The molecular weight excluding hydrogens is 441 g/mol. The maximum absolute atomic E-state index is 12.9. The van der Waals surface area contributed by atoms with Crippen molar-refractivity contribution in [3.8, 4) is 0 Å². The van der Waals surface area contributed by atoms with Crippen LogP contribution in [0.3, 0.4) is 0 Å². The van der Waals surface area contributed by atoms with Gasteiger partial charge in [0, 0.05) is 25.9 Å². The molecule has 3 rings (SSSR count). The van der Waals surface area contributed by atoms with Gasteiger partial charge in [-0.25, -0.2) is 8.42 Å². The minimum absolute atomic E-state index is 0.0496. The molecule has 2 aromatic rings. The average molecular weight is 469 g/mol. The quantitative estimate of drug-likeness (QED) is 0.487. The van der Waals surface area contributed by atoms with Gasteiger partial charge in [0.15, 0.2) is 0 Å². The fourth-order valence-electron chi connectivity index (χ4n) is 3.42. The van der Waals surface area contributed by atoms with E-state index in [1.807, 2.05) is 12.1 Å². The normalized spacial score (nSPS) is 15.6. The Morgan fingerprint density at radius 3 is 2.12 bits per heavy atom. The van der Waals surface area contributed by atoms with Crippen molar-refractivity contribution >= 4 is 15.7 Å². The number of aryl methyl sites for hydroxylation is 1. The molecular formula is C23H27F3N2O3S. The number of hydrogen-bond donors (Lipinski definition) is 0. The molecule has 2 aromatic carbocycles. The lowest BCUT2D eigenvalue weighted by atomic mass is 10.1. The fraction of sp³-hybridized carbons (Fsp3) is 0.435. The first kappa shape index (κ1) is 24.3. The van der Waals surface area contributed by atoms with Crippen molar-refractivity contribution in [2.24, 2.45) is 5.16 Å². The summed E-state index contributed by atoms with van der Waals surface area (Å²) >= 11 is 0. The van der Waals surface area contributed by atoms with E-state index in [4.69, 9.17) is 4.84 Å². The van der Waals surface area contributed by atoms with Gasteiger partial charge in [0.25, 0.3) is 0 Å². The van der Waals surface area contributed by atoms with E-state index in [2.05, 4.69) is 12.1 Å². The lowest BCUT2D eigenvalue weighted by Gasteiger charge is -2.26. The summed E-state index contributed by atoms with van der Waals surface area (Å²) in [6.07, 6.45) is -0.382. The van der Waals surface area contributed by atoms with Crippen molar-refractivity contribution in [3.05, 3.63) is 65.2 Å². The van der Waals surface area contributed by atoms with Crippen molar-refractivity contribution in [3.63, 3.8) is 0 Å². The van der Waals surface area contributed by atoms with Crippen LogP contribution in [0.5, 0.6) is 0 Å². The average Bonchev–Trinajstić information content (AvgIpc) is 2.78. The van der Waals surface area contributed by atoms with Crippen molar-refractivity contribution in [1.29, 1.82) is 0 Å². The maximum Gasteiger partial charge on any atom is 0.416 e. The third-order valence-corrected chi connectivity index (χ3v) is 7.30. The molecule has 1 fully saturated rings. The summed E-state index contributed by atoms with van der Waals surface area (Å²) in [4.78, 5) is 5.56. The number of rotatable bonds is 8. The topological polar surface area (TPSA) is 59.0 Å². The van der Waals surface area contributed by atoms with Gasteiger partial charge < -0.3 is 4.84 Å². The van der Waals surface area contributed by atoms with Crippen LogP contribution in [0.15, 0.2) is 58.6 Å². The van der Waals surface area contributed by atoms with E-state index in [0.29, 0.717) is 31.5 Å². The lowest BCUT2D eigenvalue weighted by molar-refractivity contribution is -0.137. The van der Waals surface area contributed by atoms with Crippen molar-refractivity contribution in [2.45, 2.75) is 56.7 Å². The van der Waals surface area contributed by atoms with E-state index in [0.717, 1.165) is 42.7 Å². The zero-order chi connectivity index (χ0) is 23.2. The molecule has 0 amide bonds. The Morgan fingerprint density at radius 1 is 0.969 bits per heavy atom. The zero-order valence-electron chi connectivity index (χ0n) is 17.9. The molecule has 1 aliphatic rings. The van der Waals surface area contributed by atoms with Crippen molar-refractivity contribution in [1.82, 2.24) is 4.31 Å². The number of halogens is 3. The summed E-state index contributed by atoms with van der Waals surface area (Å²) in [5.74, 6) is 0. The molecule has 1 heterocycles. The second-order valence-corrected chi connectivity index (χ2v) is 9.72. The van der Waals surface area contributed by atoms with Gasteiger partial charge in [-0.1, -0.05) is 42.8 Å². The molecule has 0 atom stereocenters. The second kappa shape index (κ2) is 10.5. The molecule has 174 valence electrons. The van der Waals surface area contributed by atoms with E-state index in [1.54, 1.807) is 12.1 Å². The van der Waals surface area contributed by atoms with Crippen LogP contribution in [0.1, 0.15) is 49.3 Å². The molecule has 0 unspecified atom stereocenters. The van der Waals surface area contributed by atoms with Gasteiger partial charge in [0.2, 0.25) is 10.0 Å². The number of piperidine rings is 1. The molecule has 0 spiro atoms. The molecule has 9 heteroatoms. The Hall–Kier alpha value is -2.39. The van der Waals surface area contributed by atoms with Crippen LogP contribution < -0.4 is 0 Å². The highest BCUT2D eigenvalue weighted by molar-refractivity contribution is 7.89. The predicted molar refractivity (Wildman–Crippen MR) is 117 cm³/mol. The summed E-state index contributed by atoms with van der Waals surface area (Å²) in [6, 6.07) is 11.8. The van der Waals surface area contributed by atoms with Gasteiger partial charge in [0.05, 0.1) is 16.2 Å². The van der Waals surface area contributed by atoms with Crippen LogP contribution in [-0.4, -0.2) is 31.5 Å². The Bertz CT molecular complexity index is 1010.